The number of rotatable bonds is 4. The maximum absolute atomic E-state index is 14.4. The lowest BCUT2D eigenvalue weighted by Crippen LogP contribution is -2.45. The summed E-state index contributed by atoms with van der Waals surface area (Å²) in [5.74, 6) is -1.76. The Bertz CT molecular complexity index is 732. The molecule has 0 radical (unpaired) electrons. The number of ether oxygens (including phenoxy) is 1. The molecule has 1 N–H and O–H groups in total. The van der Waals surface area contributed by atoms with Crippen LogP contribution in [-0.4, -0.2) is 37.4 Å². The van der Waals surface area contributed by atoms with E-state index in [1.165, 1.54) is 30.3 Å². The Morgan fingerprint density at radius 1 is 0.893 bits per heavy atom. The van der Waals surface area contributed by atoms with Crippen LogP contribution in [0, 0.1) is 11.6 Å². The zero-order valence-electron chi connectivity index (χ0n) is 14.5. The van der Waals surface area contributed by atoms with Gasteiger partial charge in [-0.3, -0.25) is 4.90 Å². The summed E-state index contributed by atoms with van der Waals surface area (Å²) in [5, 5.41) is 3.16. The van der Waals surface area contributed by atoms with Crippen molar-refractivity contribution in [2.24, 2.45) is 0 Å². The van der Waals surface area contributed by atoms with Crippen LogP contribution in [-0.2, 0) is 0 Å². The molecule has 0 bridgehead atoms. The number of benzene rings is 2. The monoisotopic (exact) mass is 444 g/mol. The number of halogens is 7. The Kier molecular flexibility index (Phi) is 8.94. The molecule has 3 nitrogen and oxygen atoms in total. The summed E-state index contributed by atoms with van der Waals surface area (Å²) in [7, 11) is 0. The molecular formula is C18H19Cl2F5N2O. The van der Waals surface area contributed by atoms with Crippen LogP contribution in [0.1, 0.15) is 17.2 Å². The van der Waals surface area contributed by atoms with E-state index in [0.29, 0.717) is 31.7 Å². The number of nitrogens with zero attached hydrogens (tertiary/aromatic N) is 1. The van der Waals surface area contributed by atoms with E-state index in [-0.39, 0.29) is 36.1 Å². The van der Waals surface area contributed by atoms with Crippen LogP contribution >= 0.6 is 24.8 Å². The third-order valence-corrected chi connectivity index (χ3v) is 4.22. The second-order valence-corrected chi connectivity index (χ2v) is 5.94. The van der Waals surface area contributed by atoms with E-state index < -0.39 is 24.0 Å². The molecule has 0 amide bonds. The first-order valence-electron chi connectivity index (χ1n) is 8.09. The van der Waals surface area contributed by atoms with Gasteiger partial charge in [-0.15, -0.1) is 38.0 Å². The number of hydrogen-bond donors (Lipinski definition) is 1. The number of hydrogen-bond acceptors (Lipinski definition) is 3. The standard InChI is InChI=1S/C18H17F5N2O.2ClH/c19-14-2-1-3-15(20)16(14)17(25-10-8-24-9-11-25)12-4-6-13(7-5-12)26-18(21,22)23;;/h1-7,17,24H,8-11H2;2*1H/t17-;;/m1../s1. The lowest BCUT2D eigenvalue weighted by atomic mass is 9.95. The molecule has 1 aliphatic rings. The molecule has 1 heterocycles. The van der Waals surface area contributed by atoms with E-state index in [2.05, 4.69) is 10.1 Å². The van der Waals surface area contributed by atoms with Gasteiger partial charge in [-0.1, -0.05) is 18.2 Å². The van der Waals surface area contributed by atoms with Gasteiger partial charge in [0.2, 0.25) is 0 Å². The third kappa shape index (κ3) is 5.94. The van der Waals surface area contributed by atoms with Crippen molar-refractivity contribution < 1.29 is 26.7 Å². The molecule has 1 atom stereocenters. The summed E-state index contributed by atoms with van der Waals surface area (Å²) in [5.41, 5.74) is 0.379. The maximum Gasteiger partial charge on any atom is 0.573 e. The van der Waals surface area contributed by atoms with Crippen molar-refractivity contribution in [2.45, 2.75) is 12.4 Å². The van der Waals surface area contributed by atoms with Gasteiger partial charge in [-0.2, -0.15) is 0 Å². The van der Waals surface area contributed by atoms with Gasteiger partial charge in [-0.05, 0) is 29.8 Å². The zero-order valence-corrected chi connectivity index (χ0v) is 16.1. The van der Waals surface area contributed by atoms with Crippen molar-refractivity contribution in [3.8, 4) is 5.75 Å². The van der Waals surface area contributed by atoms with Gasteiger partial charge in [0, 0.05) is 31.7 Å². The van der Waals surface area contributed by atoms with Crippen molar-refractivity contribution >= 4 is 24.8 Å². The normalized spacial score (nSPS) is 15.9. The summed E-state index contributed by atoms with van der Waals surface area (Å²) >= 11 is 0. The summed E-state index contributed by atoms with van der Waals surface area (Å²) in [6.07, 6.45) is -4.79. The van der Waals surface area contributed by atoms with Gasteiger partial charge in [0.15, 0.2) is 0 Å². The minimum atomic E-state index is -4.79. The van der Waals surface area contributed by atoms with Crippen LogP contribution in [0.3, 0.4) is 0 Å². The van der Waals surface area contributed by atoms with Crippen LogP contribution in [0.2, 0.25) is 0 Å². The molecule has 0 aromatic heterocycles. The van der Waals surface area contributed by atoms with Crippen molar-refractivity contribution in [1.29, 1.82) is 0 Å². The second kappa shape index (κ2) is 10.2. The fraction of sp³-hybridized carbons (Fsp3) is 0.333. The van der Waals surface area contributed by atoms with Crippen molar-refractivity contribution in [2.75, 3.05) is 26.2 Å². The Labute approximate surface area is 171 Å². The lowest BCUT2D eigenvalue weighted by molar-refractivity contribution is -0.274. The predicted octanol–water partition coefficient (Wildman–Crippen LogP) is 4.70. The minimum absolute atomic E-state index is 0. The van der Waals surface area contributed by atoms with Crippen molar-refractivity contribution in [1.82, 2.24) is 10.2 Å². The van der Waals surface area contributed by atoms with E-state index in [0.717, 1.165) is 12.1 Å². The average molecular weight is 445 g/mol. The molecule has 0 unspecified atom stereocenters. The molecule has 2 aromatic carbocycles. The molecule has 0 saturated carbocycles. The highest BCUT2D eigenvalue weighted by Crippen LogP contribution is 2.34. The summed E-state index contributed by atoms with van der Waals surface area (Å²) in [6, 6.07) is 8.00. The molecule has 28 heavy (non-hydrogen) atoms. The first kappa shape index (κ1) is 24.4. The smallest absolute Gasteiger partial charge is 0.406 e. The topological polar surface area (TPSA) is 24.5 Å². The first-order valence-corrected chi connectivity index (χ1v) is 8.09. The summed E-state index contributed by atoms with van der Waals surface area (Å²) in [4.78, 5) is 1.90. The van der Waals surface area contributed by atoms with Crippen molar-refractivity contribution in [3.05, 3.63) is 65.2 Å². The molecule has 1 saturated heterocycles. The number of nitrogens with one attached hydrogen (secondary N) is 1. The van der Waals surface area contributed by atoms with Crippen LogP contribution in [0.5, 0.6) is 5.75 Å². The molecule has 156 valence electrons. The fourth-order valence-corrected chi connectivity index (χ4v) is 3.12. The molecule has 2 aromatic rings. The van der Waals surface area contributed by atoms with Gasteiger partial charge < -0.3 is 10.1 Å². The highest BCUT2D eigenvalue weighted by molar-refractivity contribution is 5.85. The lowest BCUT2D eigenvalue weighted by Gasteiger charge is -2.35. The molecule has 3 rings (SSSR count). The third-order valence-electron chi connectivity index (χ3n) is 4.22. The first-order chi connectivity index (χ1) is 12.3. The van der Waals surface area contributed by atoms with Gasteiger partial charge in [0.1, 0.15) is 17.4 Å². The molecular weight excluding hydrogens is 426 g/mol. The molecule has 10 heteroatoms. The Morgan fingerprint density at radius 3 is 1.93 bits per heavy atom. The van der Waals surface area contributed by atoms with Gasteiger partial charge in [-0.25, -0.2) is 8.78 Å². The van der Waals surface area contributed by atoms with Crippen LogP contribution in [0.25, 0.3) is 0 Å². The molecule has 0 aliphatic carbocycles. The molecule has 1 aliphatic heterocycles. The maximum atomic E-state index is 14.4. The SMILES string of the molecule is Cl.Cl.Fc1cccc(F)c1[C@@H](c1ccc(OC(F)(F)F)cc1)N1CCNCC1. The van der Waals surface area contributed by atoms with Crippen LogP contribution in [0.15, 0.2) is 42.5 Å². The quantitative estimate of drug-likeness (QED) is 0.691. The van der Waals surface area contributed by atoms with Crippen LogP contribution < -0.4 is 10.1 Å². The van der Waals surface area contributed by atoms with E-state index in [9.17, 15) is 22.0 Å². The molecule has 0 spiro atoms. The largest absolute Gasteiger partial charge is 0.573 e. The van der Waals surface area contributed by atoms with Gasteiger partial charge in [0.05, 0.1) is 6.04 Å². The van der Waals surface area contributed by atoms with Crippen molar-refractivity contribution in [3.63, 3.8) is 0 Å². The summed E-state index contributed by atoms with van der Waals surface area (Å²) in [6.45, 7) is 2.42. The van der Waals surface area contributed by atoms with E-state index in [1.807, 2.05) is 4.90 Å². The second-order valence-electron chi connectivity index (χ2n) is 5.94. The molecule has 1 fully saturated rings. The predicted molar refractivity (Wildman–Crippen MR) is 100 cm³/mol. The van der Waals surface area contributed by atoms with Crippen LogP contribution in [0.4, 0.5) is 22.0 Å². The van der Waals surface area contributed by atoms with Gasteiger partial charge in [0.25, 0.3) is 0 Å². The number of piperazine rings is 1. The Hall–Kier alpha value is -1.61. The van der Waals surface area contributed by atoms with E-state index in [1.54, 1.807) is 0 Å². The Morgan fingerprint density at radius 2 is 1.43 bits per heavy atom. The zero-order chi connectivity index (χ0) is 18.7. The van der Waals surface area contributed by atoms with Gasteiger partial charge >= 0.3 is 6.36 Å². The summed E-state index contributed by atoms with van der Waals surface area (Å²) < 4.78 is 69.6. The minimum Gasteiger partial charge on any atom is -0.406 e. The average Bonchev–Trinajstić information content (AvgIpc) is 2.59. The highest BCUT2D eigenvalue weighted by Gasteiger charge is 2.32. The van der Waals surface area contributed by atoms with E-state index in [4.69, 9.17) is 0 Å². The Balaban J connectivity index is 0.00000196. The number of alkyl halides is 3. The fourth-order valence-electron chi connectivity index (χ4n) is 3.12. The highest BCUT2D eigenvalue weighted by atomic mass is 35.5. The van der Waals surface area contributed by atoms with E-state index >= 15 is 0 Å².